The Bertz CT molecular complexity index is 1260. The van der Waals surface area contributed by atoms with E-state index in [0.717, 1.165) is 4.90 Å². The monoisotopic (exact) mass is 562 g/mol. The van der Waals surface area contributed by atoms with Crippen molar-refractivity contribution in [3.05, 3.63) is 57.6 Å². The van der Waals surface area contributed by atoms with Crippen LogP contribution in [0.4, 0.5) is 5.69 Å². The number of hydrogen-bond acceptors (Lipinski definition) is 8. The number of benzene rings is 2. The van der Waals surface area contributed by atoms with Crippen molar-refractivity contribution in [3.8, 4) is 11.5 Å². The van der Waals surface area contributed by atoms with E-state index in [4.69, 9.17) is 26.4 Å². The first kappa shape index (κ1) is 25.8. The van der Waals surface area contributed by atoms with E-state index in [1.807, 2.05) is 0 Å². The maximum atomic E-state index is 13.2. The molecule has 1 heterocycles. The summed E-state index contributed by atoms with van der Waals surface area (Å²) in [4.78, 5) is 49.8. The van der Waals surface area contributed by atoms with Gasteiger partial charge in [-0.3, -0.25) is 19.8 Å². The number of methoxy groups -OCH3 is 1. The van der Waals surface area contributed by atoms with Gasteiger partial charge in [-0.25, -0.2) is 9.59 Å². The lowest BCUT2D eigenvalue weighted by Gasteiger charge is -2.29. The number of anilines is 1. The van der Waals surface area contributed by atoms with Crippen LogP contribution in [0.1, 0.15) is 22.8 Å². The van der Waals surface area contributed by atoms with Crippen molar-refractivity contribution >= 4 is 68.8 Å². The Morgan fingerprint density at radius 2 is 1.94 bits per heavy atom. The molecule has 0 aromatic heterocycles. The normalized spacial score (nSPS) is 14.5. The Morgan fingerprint density at radius 1 is 1.20 bits per heavy atom. The smallest absolute Gasteiger partial charge is 0.344 e. The molecule has 2 aromatic rings. The fourth-order valence-electron chi connectivity index (χ4n) is 3.10. The maximum Gasteiger partial charge on any atom is 0.344 e. The number of nitrogens with zero attached hydrogens (tertiary/aromatic N) is 1. The summed E-state index contributed by atoms with van der Waals surface area (Å²) in [5.74, 6) is -2.71. The van der Waals surface area contributed by atoms with Gasteiger partial charge in [0.2, 0.25) is 0 Å². The minimum absolute atomic E-state index is 0.0496. The third-order valence-corrected chi connectivity index (χ3v) is 5.66. The number of carbonyl (C=O) groups is 4. The van der Waals surface area contributed by atoms with Crippen molar-refractivity contribution in [2.45, 2.75) is 6.92 Å². The number of hydrogen-bond donors (Lipinski definition) is 2. The lowest BCUT2D eigenvalue weighted by Crippen LogP contribution is -2.54. The SMILES string of the molecule is CCOC(=O)COc1cc(Br)c(C=C2C(=O)NC(=S)N(c3cccc(C(=O)O)c3)C2=O)cc1OC. The Balaban J connectivity index is 1.96. The molecule has 1 aliphatic heterocycles. The zero-order valence-corrected chi connectivity index (χ0v) is 20.9. The molecule has 0 spiro atoms. The van der Waals surface area contributed by atoms with E-state index in [1.54, 1.807) is 6.92 Å². The summed E-state index contributed by atoms with van der Waals surface area (Å²) in [6.07, 6.45) is 1.33. The van der Waals surface area contributed by atoms with E-state index in [0.29, 0.717) is 10.0 Å². The second-order valence-electron chi connectivity index (χ2n) is 6.93. The van der Waals surface area contributed by atoms with E-state index in [9.17, 15) is 24.3 Å². The first-order chi connectivity index (χ1) is 16.7. The number of thiocarbonyl (C=S) groups is 1. The first-order valence-electron chi connectivity index (χ1n) is 10.1. The van der Waals surface area contributed by atoms with E-state index < -0.39 is 23.8 Å². The summed E-state index contributed by atoms with van der Waals surface area (Å²) >= 11 is 8.52. The van der Waals surface area contributed by atoms with Crippen molar-refractivity contribution in [1.82, 2.24) is 5.32 Å². The highest BCUT2D eigenvalue weighted by molar-refractivity contribution is 9.10. The number of rotatable bonds is 8. The molecule has 0 saturated carbocycles. The second kappa shape index (κ2) is 11.1. The predicted molar refractivity (Wildman–Crippen MR) is 132 cm³/mol. The molecule has 2 aromatic carbocycles. The number of esters is 1. The fraction of sp³-hybridized carbons (Fsp3) is 0.174. The Hall–Kier alpha value is -3.77. The Labute approximate surface area is 213 Å². The van der Waals surface area contributed by atoms with Crippen LogP contribution in [0.5, 0.6) is 11.5 Å². The quantitative estimate of drug-likeness (QED) is 0.215. The second-order valence-corrected chi connectivity index (χ2v) is 8.17. The van der Waals surface area contributed by atoms with Crippen LogP contribution in [0.25, 0.3) is 6.08 Å². The first-order valence-corrected chi connectivity index (χ1v) is 11.3. The fourth-order valence-corrected chi connectivity index (χ4v) is 3.82. The van der Waals surface area contributed by atoms with Gasteiger partial charge in [-0.15, -0.1) is 0 Å². The number of carboxylic acid groups (broad SMARTS) is 1. The molecule has 1 fully saturated rings. The standard InChI is InChI=1S/C23H19BrN2O8S/c1-3-33-19(27)11-34-18-10-16(24)13(9-17(18)32-2)8-15-20(28)25-23(35)26(21(15)29)14-6-4-5-12(7-14)22(30)31/h4-10H,3,11H2,1-2H3,(H,30,31)(H,25,28,35). The summed E-state index contributed by atoms with van der Waals surface area (Å²) in [6, 6.07) is 8.64. The number of nitrogens with one attached hydrogen (secondary N) is 1. The molecule has 0 radical (unpaired) electrons. The van der Waals surface area contributed by atoms with E-state index in [-0.39, 0.29) is 46.6 Å². The van der Waals surface area contributed by atoms with Gasteiger partial charge in [0.1, 0.15) is 5.57 Å². The zero-order valence-electron chi connectivity index (χ0n) is 18.5. The van der Waals surface area contributed by atoms with Crippen molar-refractivity contribution in [1.29, 1.82) is 0 Å². The third kappa shape index (κ3) is 5.84. The lowest BCUT2D eigenvalue weighted by molar-refractivity contribution is -0.145. The number of amides is 2. The zero-order chi connectivity index (χ0) is 25.7. The highest BCUT2D eigenvalue weighted by Gasteiger charge is 2.35. The molecular formula is C23H19BrN2O8S. The van der Waals surface area contributed by atoms with Crippen LogP contribution in [0.15, 0.2) is 46.4 Å². The molecule has 2 amide bonds. The van der Waals surface area contributed by atoms with Gasteiger partial charge in [0.15, 0.2) is 23.2 Å². The van der Waals surface area contributed by atoms with E-state index in [2.05, 4.69) is 21.2 Å². The number of aromatic carboxylic acids is 1. The minimum Gasteiger partial charge on any atom is -0.493 e. The molecule has 1 aliphatic rings. The molecule has 0 bridgehead atoms. The molecule has 0 aliphatic carbocycles. The summed E-state index contributed by atoms with van der Waals surface area (Å²) in [7, 11) is 1.39. The summed E-state index contributed by atoms with van der Waals surface area (Å²) in [5, 5.41) is 11.5. The predicted octanol–water partition coefficient (Wildman–Crippen LogP) is 2.93. The molecule has 2 N–H and O–H groups in total. The van der Waals surface area contributed by atoms with Gasteiger partial charge in [-0.05, 0) is 61.1 Å². The van der Waals surface area contributed by atoms with Crippen LogP contribution in [-0.2, 0) is 19.1 Å². The Kier molecular flexibility index (Phi) is 8.20. The number of carboxylic acids is 1. The van der Waals surface area contributed by atoms with E-state index in [1.165, 1.54) is 49.6 Å². The molecule has 35 heavy (non-hydrogen) atoms. The largest absolute Gasteiger partial charge is 0.493 e. The topological polar surface area (TPSA) is 131 Å². The van der Waals surface area contributed by atoms with Crippen LogP contribution < -0.4 is 19.7 Å². The maximum absolute atomic E-state index is 13.2. The van der Waals surface area contributed by atoms with Crippen LogP contribution in [-0.4, -0.2) is 54.3 Å². The van der Waals surface area contributed by atoms with Gasteiger partial charge in [0.05, 0.1) is 25.0 Å². The summed E-state index contributed by atoms with van der Waals surface area (Å²) < 4.78 is 16.1. The molecule has 12 heteroatoms. The van der Waals surface area contributed by atoms with Gasteiger partial charge < -0.3 is 19.3 Å². The van der Waals surface area contributed by atoms with Crippen molar-refractivity contribution < 1.29 is 38.5 Å². The van der Waals surface area contributed by atoms with Crippen molar-refractivity contribution in [3.63, 3.8) is 0 Å². The molecular weight excluding hydrogens is 544 g/mol. The van der Waals surface area contributed by atoms with Crippen LogP contribution in [0.2, 0.25) is 0 Å². The molecule has 1 saturated heterocycles. The number of ether oxygens (including phenoxy) is 3. The minimum atomic E-state index is -1.18. The summed E-state index contributed by atoms with van der Waals surface area (Å²) in [5.41, 5.74) is 0.287. The van der Waals surface area contributed by atoms with Crippen molar-refractivity contribution in [2.24, 2.45) is 0 Å². The van der Waals surface area contributed by atoms with Gasteiger partial charge in [-0.1, -0.05) is 22.0 Å². The highest BCUT2D eigenvalue weighted by atomic mass is 79.9. The Morgan fingerprint density at radius 3 is 2.60 bits per heavy atom. The lowest BCUT2D eigenvalue weighted by atomic mass is 10.1. The van der Waals surface area contributed by atoms with Gasteiger partial charge in [0.25, 0.3) is 11.8 Å². The van der Waals surface area contributed by atoms with E-state index >= 15 is 0 Å². The molecule has 0 unspecified atom stereocenters. The average Bonchev–Trinajstić information content (AvgIpc) is 2.81. The number of halogens is 1. The van der Waals surface area contributed by atoms with Crippen LogP contribution in [0.3, 0.4) is 0 Å². The number of carbonyl (C=O) groups excluding carboxylic acids is 3. The van der Waals surface area contributed by atoms with Gasteiger partial charge in [-0.2, -0.15) is 0 Å². The third-order valence-electron chi connectivity index (χ3n) is 4.69. The van der Waals surface area contributed by atoms with Gasteiger partial charge in [0, 0.05) is 4.47 Å². The van der Waals surface area contributed by atoms with Gasteiger partial charge >= 0.3 is 11.9 Å². The average molecular weight is 563 g/mol. The van der Waals surface area contributed by atoms with Crippen LogP contribution in [0, 0.1) is 0 Å². The van der Waals surface area contributed by atoms with Crippen molar-refractivity contribution in [2.75, 3.05) is 25.2 Å². The highest BCUT2D eigenvalue weighted by Crippen LogP contribution is 2.35. The molecule has 10 nitrogen and oxygen atoms in total. The molecule has 3 rings (SSSR count). The summed E-state index contributed by atoms with van der Waals surface area (Å²) in [6.45, 7) is 1.56. The molecule has 182 valence electrons. The molecule has 0 atom stereocenters. The van der Waals surface area contributed by atoms with Crippen LogP contribution >= 0.6 is 28.1 Å².